The highest BCUT2D eigenvalue weighted by molar-refractivity contribution is 5.53. The summed E-state index contributed by atoms with van der Waals surface area (Å²) in [4.78, 5) is 8.56. The predicted octanol–water partition coefficient (Wildman–Crippen LogP) is 6.82. The van der Waals surface area contributed by atoms with Crippen molar-refractivity contribution in [1.82, 2.24) is 0 Å². The first kappa shape index (κ1) is 21.6. The molecule has 0 aromatic heterocycles. The Morgan fingerprint density at radius 1 is 1.03 bits per heavy atom. The van der Waals surface area contributed by atoms with E-state index in [9.17, 15) is 4.39 Å². The van der Waals surface area contributed by atoms with Crippen LogP contribution >= 0.6 is 0 Å². The van der Waals surface area contributed by atoms with Crippen LogP contribution in [0.4, 0.5) is 9.18 Å². The third kappa shape index (κ3) is 5.37. The maximum absolute atomic E-state index is 14.4. The molecule has 0 atom stereocenters. The predicted molar refractivity (Wildman–Crippen MR) is 114 cm³/mol. The topological polar surface area (TPSA) is 76.0 Å². The maximum atomic E-state index is 14.4. The smallest absolute Gasteiger partial charge is 0.457 e. The summed E-state index contributed by atoms with van der Waals surface area (Å²) < 4.78 is 26.7. The van der Waals surface area contributed by atoms with Crippen molar-refractivity contribution in [3.05, 3.63) is 59.9 Å². The number of hydrogen-bond acceptors (Lipinski definition) is 3. The minimum Gasteiger partial charge on any atom is -0.457 e. The summed E-state index contributed by atoms with van der Waals surface area (Å²) in [5.41, 5.74) is 0.975. The van der Waals surface area contributed by atoms with Crippen LogP contribution in [0.1, 0.15) is 56.9 Å². The zero-order chi connectivity index (χ0) is 21.9. The molecule has 2 aromatic rings. The van der Waals surface area contributed by atoms with Gasteiger partial charge in [-0.05, 0) is 79.7 Å². The third-order valence-corrected chi connectivity index (χ3v) is 6.93. The van der Waals surface area contributed by atoms with E-state index < -0.39 is 6.16 Å². The van der Waals surface area contributed by atoms with Crippen molar-refractivity contribution in [1.29, 1.82) is 0 Å². The second kappa shape index (κ2) is 8.87. The van der Waals surface area contributed by atoms with Crippen LogP contribution in [-0.2, 0) is 10.3 Å². The van der Waals surface area contributed by atoms with Crippen molar-refractivity contribution in [3.8, 4) is 11.5 Å². The van der Waals surface area contributed by atoms with Crippen molar-refractivity contribution < 1.29 is 28.9 Å². The second-order valence-electron chi connectivity index (χ2n) is 9.14. The van der Waals surface area contributed by atoms with Gasteiger partial charge in [-0.3, -0.25) is 0 Å². The number of ether oxygens (including phenoxy) is 2. The molecular formula is C25H29FO5. The summed E-state index contributed by atoms with van der Waals surface area (Å²) in [7, 11) is 0. The fraction of sp³-hybridized carbons (Fsp3) is 0.480. The molecule has 2 saturated carbocycles. The molecule has 166 valence electrons. The summed E-state index contributed by atoms with van der Waals surface area (Å²) in [5, 5.41) is 13.9. The monoisotopic (exact) mass is 428 g/mol. The van der Waals surface area contributed by atoms with E-state index in [0.717, 1.165) is 36.7 Å². The highest BCUT2D eigenvalue weighted by Crippen LogP contribution is 2.56. The van der Waals surface area contributed by atoms with Crippen molar-refractivity contribution in [2.45, 2.75) is 57.0 Å². The molecule has 31 heavy (non-hydrogen) atoms. The van der Waals surface area contributed by atoms with Gasteiger partial charge in [-0.15, -0.1) is 0 Å². The highest BCUT2D eigenvalue weighted by atomic mass is 19.1. The van der Waals surface area contributed by atoms with Gasteiger partial charge in [0.05, 0.1) is 12.2 Å². The van der Waals surface area contributed by atoms with Gasteiger partial charge in [-0.1, -0.05) is 31.0 Å². The van der Waals surface area contributed by atoms with Crippen LogP contribution in [0.15, 0.2) is 48.5 Å². The summed E-state index contributed by atoms with van der Waals surface area (Å²) in [6, 6.07) is 14.6. The van der Waals surface area contributed by atoms with E-state index in [2.05, 4.69) is 0 Å². The maximum Gasteiger partial charge on any atom is 0.503 e. The molecule has 2 aliphatic heterocycles. The molecule has 2 aromatic carbocycles. The molecule has 5 nitrogen and oxygen atoms in total. The normalized spacial score (nSPS) is 26.6. The van der Waals surface area contributed by atoms with Crippen molar-refractivity contribution in [2.75, 3.05) is 6.61 Å². The van der Waals surface area contributed by atoms with Crippen LogP contribution < -0.4 is 4.74 Å². The van der Waals surface area contributed by atoms with E-state index in [0.29, 0.717) is 11.2 Å². The van der Waals surface area contributed by atoms with Gasteiger partial charge in [-0.25, -0.2) is 9.18 Å². The first-order chi connectivity index (χ1) is 14.9. The molecule has 2 saturated heterocycles. The first-order valence-electron chi connectivity index (χ1n) is 11.0. The number of rotatable bonds is 6. The zero-order valence-electron chi connectivity index (χ0n) is 17.6. The Labute approximate surface area is 181 Å². The van der Waals surface area contributed by atoms with Crippen molar-refractivity contribution in [3.63, 3.8) is 0 Å². The molecule has 4 aliphatic rings. The fourth-order valence-electron chi connectivity index (χ4n) is 4.88. The number of hydrogen-bond donors (Lipinski definition) is 2. The molecule has 2 N–H and O–H groups in total. The van der Waals surface area contributed by atoms with Crippen LogP contribution in [0.25, 0.3) is 0 Å². The fourth-order valence-corrected chi connectivity index (χ4v) is 4.88. The summed E-state index contributed by atoms with van der Waals surface area (Å²) in [6.07, 6.45) is 8.07. The van der Waals surface area contributed by atoms with Gasteiger partial charge in [0.25, 0.3) is 0 Å². The van der Waals surface area contributed by atoms with E-state index in [1.165, 1.54) is 44.6 Å². The SMILES string of the molecule is Fc1cc(Oc2ccccc2)cc(C23CCC(CCC4CC4)(CC2)CO3)c1.O=C(O)O. The average molecular weight is 429 g/mol. The number of carbonyl (C=O) groups is 1. The Kier molecular flexibility index (Phi) is 6.19. The summed E-state index contributed by atoms with van der Waals surface area (Å²) in [5.74, 6) is 1.99. The minimum absolute atomic E-state index is 0.257. The average Bonchev–Trinajstić information content (AvgIpc) is 3.58. The third-order valence-electron chi connectivity index (χ3n) is 6.93. The van der Waals surface area contributed by atoms with Crippen LogP contribution in [0.5, 0.6) is 11.5 Å². The largest absolute Gasteiger partial charge is 0.503 e. The van der Waals surface area contributed by atoms with Crippen LogP contribution in [0.3, 0.4) is 0 Å². The quantitative estimate of drug-likeness (QED) is 0.528. The second-order valence-corrected chi connectivity index (χ2v) is 9.14. The number of benzene rings is 2. The molecule has 2 aliphatic carbocycles. The molecule has 0 radical (unpaired) electrons. The van der Waals surface area contributed by atoms with Gasteiger partial charge in [0.1, 0.15) is 17.3 Å². The van der Waals surface area contributed by atoms with Crippen molar-refractivity contribution >= 4 is 6.16 Å². The van der Waals surface area contributed by atoms with E-state index in [1.807, 2.05) is 36.4 Å². The van der Waals surface area contributed by atoms with E-state index >= 15 is 0 Å². The first-order valence-corrected chi connectivity index (χ1v) is 11.0. The van der Waals surface area contributed by atoms with Gasteiger partial charge < -0.3 is 19.7 Å². The zero-order valence-corrected chi connectivity index (χ0v) is 17.6. The molecule has 4 fully saturated rings. The molecule has 6 heteroatoms. The number of fused-ring (bicyclic) bond motifs is 3. The van der Waals surface area contributed by atoms with Gasteiger partial charge >= 0.3 is 6.16 Å². The summed E-state index contributed by atoms with van der Waals surface area (Å²) in [6.45, 7) is 0.825. The minimum atomic E-state index is -1.83. The Bertz CT molecular complexity index is 881. The molecule has 0 amide bonds. The lowest BCUT2D eigenvalue weighted by molar-refractivity contribution is -0.192. The molecule has 0 spiro atoms. The molecule has 2 heterocycles. The molecule has 6 rings (SSSR count). The van der Waals surface area contributed by atoms with Crippen molar-refractivity contribution in [2.24, 2.45) is 11.3 Å². The number of halogens is 1. The Hall–Kier alpha value is -2.60. The van der Waals surface area contributed by atoms with Crippen LogP contribution in [0, 0.1) is 17.2 Å². The number of para-hydroxylation sites is 1. The van der Waals surface area contributed by atoms with Gasteiger partial charge in [0.15, 0.2) is 0 Å². The standard InChI is InChI=1S/C24H27FO2.CH2O3/c25-20-14-19(15-22(16-20)27-21-4-2-1-3-5-21)24-12-10-23(11-13-24,17-26-24)9-8-18-6-7-18;2-1(3)4/h1-5,14-16,18H,6-13,17H2;(H2,2,3,4). The van der Waals surface area contributed by atoms with Crippen LogP contribution in [-0.4, -0.2) is 23.0 Å². The van der Waals surface area contributed by atoms with Crippen LogP contribution in [0.2, 0.25) is 0 Å². The highest BCUT2D eigenvalue weighted by Gasteiger charge is 2.50. The Morgan fingerprint density at radius 3 is 2.29 bits per heavy atom. The molecule has 0 unspecified atom stereocenters. The van der Waals surface area contributed by atoms with Gasteiger partial charge in [-0.2, -0.15) is 0 Å². The Morgan fingerprint density at radius 2 is 1.71 bits per heavy atom. The lowest BCUT2D eigenvalue weighted by atomic mass is 9.62. The molecule has 2 bridgehead atoms. The van der Waals surface area contributed by atoms with E-state index in [4.69, 9.17) is 24.5 Å². The van der Waals surface area contributed by atoms with E-state index in [1.54, 1.807) is 6.07 Å². The summed E-state index contributed by atoms with van der Waals surface area (Å²) >= 11 is 0. The van der Waals surface area contributed by atoms with E-state index in [-0.39, 0.29) is 11.4 Å². The Balaban J connectivity index is 0.000000535. The lowest BCUT2D eigenvalue weighted by Gasteiger charge is -2.53. The number of carboxylic acid groups (broad SMARTS) is 2. The lowest BCUT2D eigenvalue weighted by Crippen LogP contribution is -2.49. The van der Waals surface area contributed by atoms with Gasteiger partial charge in [0.2, 0.25) is 0 Å². The molecular weight excluding hydrogens is 399 g/mol. The van der Waals surface area contributed by atoms with Gasteiger partial charge in [0, 0.05) is 6.07 Å².